The molecule has 0 saturated carbocycles. The Morgan fingerprint density at radius 3 is 2.71 bits per heavy atom. The third kappa shape index (κ3) is 2.72. The molecule has 0 unspecified atom stereocenters. The molecule has 0 spiro atoms. The topological polar surface area (TPSA) is 54.9 Å². The highest BCUT2D eigenvalue weighted by Gasteiger charge is 2.11. The fourth-order valence-electron chi connectivity index (χ4n) is 1.98. The molecule has 3 aromatic rings. The van der Waals surface area contributed by atoms with E-state index in [9.17, 15) is 9.18 Å². The summed E-state index contributed by atoms with van der Waals surface area (Å²) in [5.74, 6) is -0.817. The molecule has 1 heterocycles. The number of aromatic nitrogens is 2. The third-order valence-electron chi connectivity index (χ3n) is 3.13. The van der Waals surface area contributed by atoms with Crippen LogP contribution in [0.1, 0.15) is 16.1 Å². The number of amides is 1. The molecule has 0 bridgehead atoms. The van der Waals surface area contributed by atoms with Crippen molar-refractivity contribution in [3.8, 4) is 0 Å². The second kappa shape index (κ2) is 5.28. The zero-order valence-electron chi connectivity index (χ0n) is 11.3. The van der Waals surface area contributed by atoms with Gasteiger partial charge < -0.3 is 5.32 Å². The number of para-hydroxylation sites is 2. The van der Waals surface area contributed by atoms with E-state index in [2.05, 4.69) is 15.3 Å². The number of carbonyl (C=O) groups excluding carboxylic acids is 1. The maximum Gasteiger partial charge on any atom is 0.275 e. The predicted octanol–water partition coefficient (Wildman–Crippen LogP) is 3.33. The van der Waals surface area contributed by atoms with Gasteiger partial charge in [0.1, 0.15) is 11.5 Å². The lowest BCUT2D eigenvalue weighted by atomic mass is 10.2. The van der Waals surface area contributed by atoms with Gasteiger partial charge >= 0.3 is 0 Å². The van der Waals surface area contributed by atoms with Crippen LogP contribution in [0.2, 0.25) is 0 Å². The van der Waals surface area contributed by atoms with Crippen LogP contribution in [-0.2, 0) is 0 Å². The van der Waals surface area contributed by atoms with Gasteiger partial charge in [-0.25, -0.2) is 9.37 Å². The molecule has 1 amide bonds. The Bertz CT molecular complexity index is 833. The van der Waals surface area contributed by atoms with Crippen molar-refractivity contribution in [3.05, 3.63) is 65.7 Å². The first-order valence-electron chi connectivity index (χ1n) is 6.43. The molecule has 0 aliphatic rings. The van der Waals surface area contributed by atoms with Gasteiger partial charge in [0.05, 0.1) is 17.2 Å². The molecule has 0 radical (unpaired) electrons. The summed E-state index contributed by atoms with van der Waals surface area (Å²) in [5.41, 5.74) is 2.75. The Balaban J connectivity index is 1.91. The molecule has 4 nitrogen and oxygen atoms in total. The highest BCUT2D eigenvalue weighted by Crippen LogP contribution is 2.17. The minimum absolute atomic E-state index is 0.192. The van der Waals surface area contributed by atoms with Gasteiger partial charge in [0.15, 0.2) is 0 Å². The van der Waals surface area contributed by atoms with Gasteiger partial charge in [-0.1, -0.05) is 18.2 Å². The molecular formula is C16H12FN3O. The van der Waals surface area contributed by atoms with Gasteiger partial charge in [-0.05, 0) is 36.8 Å². The highest BCUT2D eigenvalue weighted by molar-refractivity contribution is 6.03. The van der Waals surface area contributed by atoms with Crippen molar-refractivity contribution in [1.82, 2.24) is 9.97 Å². The number of nitrogens with zero attached hydrogens (tertiary/aromatic N) is 2. The van der Waals surface area contributed by atoms with Gasteiger partial charge in [-0.3, -0.25) is 9.78 Å². The molecule has 0 aliphatic carbocycles. The minimum atomic E-state index is -0.415. The first-order valence-corrected chi connectivity index (χ1v) is 6.43. The van der Waals surface area contributed by atoms with Crippen LogP contribution in [0, 0.1) is 12.7 Å². The van der Waals surface area contributed by atoms with Crippen LogP contribution in [0.4, 0.5) is 10.1 Å². The second-order valence-corrected chi connectivity index (χ2v) is 4.66. The van der Waals surface area contributed by atoms with E-state index >= 15 is 0 Å². The smallest absolute Gasteiger partial charge is 0.275 e. The van der Waals surface area contributed by atoms with Crippen molar-refractivity contribution in [1.29, 1.82) is 0 Å². The number of carbonyl (C=O) groups is 1. The summed E-state index contributed by atoms with van der Waals surface area (Å²) < 4.78 is 13.2. The quantitative estimate of drug-likeness (QED) is 0.784. The van der Waals surface area contributed by atoms with Crippen LogP contribution >= 0.6 is 0 Å². The van der Waals surface area contributed by atoms with Gasteiger partial charge in [0.25, 0.3) is 5.91 Å². The summed E-state index contributed by atoms with van der Waals surface area (Å²) in [6.45, 7) is 1.79. The van der Waals surface area contributed by atoms with Crippen LogP contribution in [-0.4, -0.2) is 15.9 Å². The first-order chi connectivity index (χ1) is 10.1. The lowest BCUT2D eigenvalue weighted by molar-refractivity contribution is 0.102. The van der Waals surface area contributed by atoms with Gasteiger partial charge in [-0.15, -0.1) is 0 Å². The minimum Gasteiger partial charge on any atom is -0.320 e. The molecule has 0 saturated heterocycles. The fraction of sp³-hybridized carbons (Fsp3) is 0.0625. The molecule has 1 aromatic heterocycles. The Labute approximate surface area is 120 Å². The van der Waals surface area contributed by atoms with Crippen molar-refractivity contribution >= 4 is 22.6 Å². The Kier molecular flexibility index (Phi) is 3.31. The summed E-state index contributed by atoms with van der Waals surface area (Å²) in [6.07, 6.45) is 1.41. The summed E-state index contributed by atoms with van der Waals surface area (Å²) >= 11 is 0. The maximum absolute atomic E-state index is 13.2. The number of benzene rings is 2. The molecular weight excluding hydrogens is 269 g/mol. The standard InChI is InChI=1S/C16H12FN3O/c1-10-6-7-11(17)8-14(10)20-16(21)15-9-18-12-4-2-3-5-13(12)19-15/h2-9H,1H3,(H,20,21). The number of rotatable bonds is 2. The molecule has 3 rings (SSSR count). The number of nitrogens with one attached hydrogen (secondary N) is 1. The molecule has 1 N–H and O–H groups in total. The van der Waals surface area contributed by atoms with E-state index in [0.717, 1.165) is 11.1 Å². The average Bonchev–Trinajstić information content (AvgIpc) is 2.50. The zero-order valence-corrected chi connectivity index (χ0v) is 11.3. The van der Waals surface area contributed by atoms with E-state index in [1.165, 1.54) is 18.3 Å². The highest BCUT2D eigenvalue weighted by atomic mass is 19.1. The van der Waals surface area contributed by atoms with Crippen molar-refractivity contribution in [2.45, 2.75) is 6.92 Å². The molecule has 104 valence electrons. The molecule has 0 atom stereocenters. The summed E-state index contributed by atoms with van der Waals surface area (Å²) in [4.78, 5) is 20.6. The monoisotopic (exact) mass is 281 g/mol. The number of halogens is 1. The van der Waals surface area contributed by atoms with Gasteiger partial charge in [-0.2, -0.15) is 0 Å². The van der Waals surface area contributed by atoms with E-state index in [-0.39, 0.29) is 5.69 Å². The normalized spacial score (nSPS) is 10.6. The van der Waals surface area contributed by atoms with Crippen LogP contribution in [0.5, 0.6) is 0 Å². The van der Waals surface area contributed by atoms with Crippen molar-refractivity contribution < 1.29 is 9.18 Å². The van der Waals surface area contributed by atoms with Crippen LogP contribution in [0.25, 0.3) is 11.0 Å². The van der Waals surface area contributed by atoms with E-state index in [4.69, 9.17) is 0 Å². The zero-order chi connectivity index (χ0) is 14.8. The number of hydrogen-bond donors (Lipinski definition) is 1. The average molecular weight is 281 g/mol. The number of aryl methyl sites for hydroxylation is 1. The Morgan fingerprint density at radius 2 is 1.90 bits per heavy atom. The lowest BCUT2D eigenvalue weighted by Gasteiger charge is -2.08. The van der Waals surface area contributed by atoms with E-state index in [1.807, 2.05) is 18.2 Å². The lowest BCUT2D eigenvalue weighted by Crippen LogP contribution is -2.15. The summed E-state index contributed by atoms with van der Waals surface area (Å²) in [5, 5.41) is 2.65. The van der Waals surface area contributed by atoms with Crippen molar-refractivity contribution in [3.63, 3.8) is 0 Å². The molecule has 5 heteroatoms. The Hall–Kier alpha value is -2.82. The first kappa shape index (κ1) is 13.2. The molecule has 0 fully saturated rings. The van der Waals surface area contributed by atoms with E-state index < -0.39 is 11.7 Å². The van der Waals surface area contributed by atoms with Gasteiger partial charge in [0, 0.05) is 5.69 Å². The van der Waals surface area contributed by atoms with Crippen molar-refractivity contribution in [2.24, 2.45) is 0 Å². The largest absolute Gasteiger partial charge is 0.320 e. The Morgan fingerprint density at radius 1 is 1.14 bits per heavy atom. The third-order valence-corrected chi connectivity index (χ3v) is 3.13. The second-order valence-electron chi connectivity index (χ2n) is 4.66. The van der Waals surface area contributed by atoms with E-state index in [0.29, 0.717) is 11.2 Å². The van der Waals surface area contributed by atoms with Crippen LogP contribution in [0.15, 0.2) is 48.7 Å². The molecule has 2 aromatic carbocycles. The fourth-order valence-corrected chi connectivity index (χ4v) is 1.98. The van der Waals surface area contributed by atoms with Crippen LogP contribution in [0.3, 0.4) is 0 Å². The van der Waals surface area contributed by atoms with Crippen LogP contribution < -0.4 is 5.32 Å². The van der Waals surface area contributed by atoms with Gasteiger partial charge in [0.2, 0.25) is 0 Å². The maximum atomic E-state index is 13.2. The predicted molar refractivity (Wildman–Crippen MR) is 78.6 cm³/mol. The summed E-state index contributed by atoms with van der Waals surface area (Å²) in [6, 6.07) is 11.5. The SMILES string of the molecule is Cc1ccc(F)cc1NC(=O)c1cnc2ccccc2n1. The van der Waals surface area contributed by atoms with E-state index in [1.54, 1.807) is 19.1 Å². The number of fused-ring (bicyclic) bond motifs is 1. The number of hydrogen-bond acceptors (Lipinski definition) is 3. The summed E-state index contributed by atoms with van der Waals surface area (Å²) in [7, 11) is 0. The molecule has 21 heavy (non-hydrogen) atoms. The molecule has 0 aliphatic heterocycles. The number of anilines is 1. The van der Waals surface area contributed by atoms with Crippen molar-refractivity contribution in [2.75, 3.05) is 5.32 Å².